The van der Waals surface area contributed by atoms with Crippen LogP contribution in [0.25, 0.3) is 11.3 Å². The smallest absolute Gasteiger partial charge is 0.252 e. The summed E-state index contributed by atoms with van der Waals surface area (Å²) in [6.45, 7) is 2.41. The Kier molecular flexibility index (Phi) is 5.92. The largest absolute Gasteiger partial charge is 0.352 e. The molecule has 0 aliphatic rings. The van der Waals surface area contributed by atoms with Crippen molar-refractivity contribution in [3.8, 4) is 11.3 Å². The normalized spacial score (nSPS) is 10.6. The van der Waals surface area contributed by atoms with E-state index in [0.29, 0.717) is 28.6 Å². The molecule has 1 heterocycles. The quantitative estimate of drug-likeness (QED) is 0.645. The van der Waals surface area contributed by atoms with Crippen LogP contribution >= 0.6 is 23.2 Å². The number of aromatic nitrogens is 1. The first-order valence-electron chi connectivity index (χ1n) is 8.30. The molecule has 5 heteroatoms. The molecular formula is C21H18Cl2N2O. The fraction of sp³-hybridized carbons (Fsp3) is 0.143. The minimum absolute atomic E-state index is 0.212. The molecule has 0 bridgehead atoms. The molecule has 3 nitrogen and oxygen atoms in total. The summed E-state index contributed by atoms with van der Waals surface area (Å²) in [5.74, 6) is -0.212. The standard InChI is InChI=1S/C21H18Cl2N2O/c1-14-5-4-8-20(25-14)16-9-10-19(23)17(13-16)21(26)24-12-11-15-6-2-3-7-18(15)22/h2-10,13H,11-12H2,1H3,(H,24,26). The van der Waals surface area contributed by atoms with Gasteiger partial charge in [0.2, 0.25) is 0 Å². The highest BCUT2D eigenvalue weighted by molar-refractivity contribution is 6.34. The molecule has 0 atom stereocenters. The third-order valence-corrected chi connectivity index (χ3v) is 4.73. The fourth-order valence-corrected chi connectivity index (χ4v) is 3.10. The lowest BCUT2D eigenvalue weighted by Gasteiger charge is -2.10. The van der Waals surface area contributed by atoms with Crippen molar-refractivity contribution in [2.75, 3.05) is 6.54 Å². The van der Waals surface area contributed by atoms with Gasteiger partial charge >= 0.3 is 0 Å². The van der Waals surface area contributed by atoms with E-state index in [4.69, 9.17) is 23.2 Å². The Hall–Kier alpha value is -2.36. The van der Waals surface area contributed by atoms with Crippen LogP contribution in [0.4, 0.5) is 0 Å². The van der Waals surface area contributed by atoms with Crippen LogP contribution in [0.3, 0.4) is 0 Å². The molecule has 0 aliphatic heterocycles. The maximum Gasteiger partial charge on any atom is 0.252 e. The SMILES string of the molecule is Cc1cccc(-c2ccc(Cl)c(C(=O)NCCc3ccccc3Cl)c2)n1. The van der Waals surface area contributed by atoms with Crippen molar-refractivity contribution in [3.05, 3.63) is 87.5 Å². The molecule has 0 saturated carbocycles. The van der Waals surface area contributed by atoms with E-state index in [2.05, 4.69) is 10.3 Å². The summed E-state index contributed by atoms with van der Waals surface area (Å²) in [5, 5.41) is 4.02. The molecule has 0 radical (unpaired) electrons. The Morgan fingerprint density at radius 3 is 2.58 bits per heavy atom. The van der Waals surface area contributed by atoms with Gasteiger partial charge in [-0.15, -0.1) is 0 Å². The zero-order valence-corrected chi connectivity index (χ0v) is 15.8. The van der Waals surface area contributed by atoms with E-state index in [1.54, 1.807) is 12.1 Å². The third-order valence-electron chi connectivity index (χ3n) is 4.03. The number of hydrogen-bond acceptors (Lipinski definition) is 2. The Balaban J connectivity index is 1.73. The van der Waals surface area contributed by atoms with Gasteiger partial charge in [0.05, 0.1) is 16.3 Å². The van der Waals surface area contributed by atoms with Crippen LogP contribution in [0, 0.1) is 6.92 Å². The van der Waals surface area contributed by atoms with Crippen molar-refractivity contribution in [1.82, 2.24) is 10.3 Å². The van der Waals surface area contributed by atoms with Crippen molar-refractivity contribution in [2.45, 2.75) is 13.3 Å². The number of amides is 1. The van der Waals surface area contributed by atoms with Gasteiger partial charge in [0, 0.05) is 22.8 Å². The number of nitrogens with zero attached hydrogens (tertiary/aromatic N) is 1. The number of benzene rings is 2. The first-order chi connectivity index (χ1) is 12.5. The van der Waals surface area contributed by atoms with Gasteiger partial charge in [-0.05, 0) is 49.2 Å². The number of rotatable bonds is 5. The first kappa shape index (κ1) is 18.4. The second-order valence-electron chi connectivity index (χ2n) is 5.96. The Labute approximate surface area is 163 Å². The molecule has 1 aromatic heterocycles. The Morgan fingerprint density at radius 2 is 1.81 bits per heavy atom. The minimum Gasteiger partial charge on any atom is -0.352 e. The third kappa shape index (κ3) is 4.43. The lowest BCUT2D eigenvalue weighted by atomic mass is 10.1. The number of halogens is 2. The van der Waals surface area contributed by atoms with Crippen molar-refractivity contribution in [3.63, 3.8) is 0 Å². The van der Waals surface area contributed by atoms with Gasteiger partial charge in [-0.25, -0.2) is 0 Å². The van der Waals surface area contributed by atoms with E-state index >= 15 is 0 Å². The topological polar surface area (TPSA) is 42.0 Å². The summed E-state index contributed by atoms with van der Waals surface area (Å²) in [6.07, 6.45) is 0.655. The Bertz CT molecular complexity index is 941. The number of hydrogen-bond donors (Lipinski definition) is 1. The number of carbonyl (C=O) groups excluding carboxylic acids is 1. The Morgan fingerprint density at radius 1 is 1.00 bits per heavy atom. The number of carbonyl (C=O) groups is 1. The molecule has 3 rings (SSSR count). The first-order valence-corrected chi connectivity index (χ1v) is 9.05. The van der Waals surface area contributed by atoms with Crippen molar-refractivity contribution >= 4 is 29.1 Å². The zero-order valence-electron chi connectivity index (χ0n) is 14.3. The van der Waals surface area contributed by atoms with E-state index in [-0.39, 0.29) is 5.91 Å². The van der Waals surface area contributed by atoms with Crippen LogP contribution in [-0.4, -0.2) is 17.4 Å². The monoisotopic (exact) mass is 384 g/mol. The molecule has 0 aliphatic carbocycles. The van der Waals surface area contributed by atoms with Gasteiger partial charge in [-0.3, -0.25) is 9.78 Å². The zero-order chi connectivity index (χ0) is 18.5. The van der Waals surface area contributed by atoms with E-state index < -0.39 is 0 Å². The molecule has 132 valence electrons. The molecule has 0 unspecified atom stereocenters. The minimum atomic E-state index is -0.212. The molecule has 1 amide bonds. The molecule has 2 aromatic carbocycles. The van der Waals surface area contributed by atoms with E-state index in [0.717, 1.165) is 22.5 Å². The van der Waals surface area contributed by atoms with Gasteiger partial charge in [0.25, 0.3) is 5.91 Å². The van der Waals surface area contributed by atoms with Gasteiger partial charge in [0.1, 0.15) is 0 Å². The molecule has 0 spiro atoms. The fourth-order valence-electron chi connectivity index (χ4n) is 2.67. The van der Waals surface area contributed by atoms with Crippen LogP contribution in [0.1, 0.15) is 21.6 Å². The van der Waals surface area contributed by atoms with Gasteiger partial charge in [-0.1, -0.05) is 53.5 Å². The average molecular weight is 385 g/mol. The second-order valence-corrected chi connectivity index (χ2v) is 6.77. The molecule has 3 aromatic rings. The highest BCUT2D eigenvalue weighted by Gasteiger charge is 2.12. The van der Waals surface area contributed by atoms with E-state index in [1.165, 1.54) is 0 Å². The maximum atomic E-state index is 12.5. The summed E-state index contributed by atoms with van der Waals surface area (Å²) >= 11 is 12.4. The summed E-state index contributed by atoms with van der Waals surface area (Å²) in [4.78, 5) is 17.0. The maximum absolute atomic E-state index is 12.5. The summed E-state index contributed by atoms with van der Waals surface area (Å²) in [5.41, 5.74) is 4.02. The summed E-state index contributed by atoms with van der Waals surface area (Å²) in [6, 6.07) is 18.8. The van der Waals surface area contributed by atoms with Crippen LogP contribution in [-0.2, 0) is 6.42 Å². The predicted octanol–water partition coefficient (Wildman–Crippen LogP) is 5.34. The molecule has 26 heavy (non-hydrogen) atoms. The molecule has 0 saturated heterocycles. The van der Waals surface area contributed by atoms with Crippen molar-refractivity contribution in [2.24, 2.45) is 0 Å². The van der Waals surface area contributed by atoms with Gasteiger partial charge in [0.15, 0.2) is 0 Å². The van der Waals surface area contributed by atoms with Crippen molar-refractivity contribution in [1.29, 1.82) is 0 Å². The van der Waals surface area contributed by atoms with Crippen LogP contribution in [0.5, 0.6) is 0 Å². The molecule has 0 fully saturated rings. The predicted molar refractivity (Wildman–Crippen MR) is 107 cm³/mol. The summed E-state index contributed by atoms with van der Waals surface area (Å²) in [7, 11) is 0. The van der Waals surface area contributed by atoms with Crippen molar-refractivity contribution < 1.29 is 4.79 Å². The molecular weight excluding hydrogens is 367 g/mol. The average Bonchev–Trinajstić information content (AvgIpc) is 2.63. The van der Waals surface area contributed by atoms with E-state index in [1.807, 2.05) is 55.5 Å². The highest BCUT2D eigenvalue weighted by Crippen LogP contribution is 2.24. The van der Waals surface area contributed by atoms with E-state index in [9.17, 15) is 4.79 Å². The number of nitrogens with one attached hydrogen (secondary N) is 1. The van der Waals surface area contributed by atoms with Gasteiger partial charge < -0.3 is 5.32 Å². The second kappa shape index (κ2) is 8.35. The summed E-state index contributed by atoms with van der Waals surface area (Å²) < 4.78 is 0. The van der Waals surface area contributed by atoms with Crippen LogP contribution in [0.15, 0.2) is 60.7 Å². The molecule has 1 N–H and O–H groups in total. The number of pyridine rings is 1. The highest BCUT2D eigenvalue weighted by atomic mass is 35.5. The lowest BCUT2D eigenvalue weighted by molar-refractivity contribution is 0.0954. The number of aryl methyl sites for hydroxylation is 1. The van der Waals surface area contributed by atoms with Gasteiger partial charge in [-0.2, -0.15) is 0 Å². The van der Waals surface area contributed by atoms with Crippen LogP contribution < -0.4 is 5.32 Å². The lowest BCUT2D eigenvalue weighted by Crippen LogP contribution is -2.26. The van der Waals surface area contributed by atoms with Crippen LogP contribution in [0.2, 0.25) is 10.0 Å².